The molecular weight excluding hydrogens is 334 g/mol. The lowest BCUT2D eigenvalue weighted by atomic mass is 10.2. The first-order valence-corrected chi connectivity index (χ1v) is 7.51. The number of sulfonamides is 1. The van der Waals surface area contributed by atoms with Crippen molar-refractivity contribution >= 4 is 31.8 Å². The number of benzene rings is 1. The first-order valence-electron chi connectivity index (χ1n) is 5.23. The van der Waals surface area contributed by atoms with Crippen molar-refractivity contribution in [1.82, 2.24) is 10.2 Å². The van der Waals surface area contributed by atoms with Gasteiger partial charge in [0.05, 0.1) is 4.90 Å². The number of rotatable bonds is 3. The summed E-state index contributed by atoms with van der Waals surface area (Å²) in [7, 11) is -3.74. The Labute approximate surface area is 118 Å². The molecule has 0 fully saturated rings. The summed E-state index contributed by atoms with van der Waals surface area (Å²) in [5, 5.41) is 5.76. The van der Waals surface area contributed by atoms with Crippen LogP contribution in [-0.4, -0.2) is 18.6 Å². The molecule has 0 amide bonds. The molecule has 0 saturated carbocycles. The Morgan fingerprint density at radius 3 is 2.63 bits per heavy atom. The summed E-state index contributed by atoms with van der Waals surface area (Å²) in [6, 6.07) is 7.44. The number of hydrogen-bond donors (Lipinski definition) is 2. The molecule has 2 aromatic rings. The molecule has 1 heterocycles. The van der Waals surface area contributed by atoms with Crippen LogP contribution in [0.3, 0.4) is 0 Å². The van der Waals surface area contributed by atoms with Crippen LogP contribution in [0.2, 0.25) is 0 Å². The van der Waals surface area contributed by atoms with E-state index in [1.807, 2.05) is 0 Å². The maximum absolute atomic E-state index is 12.2. The molecule has 0 bridgehead atoms. The van der Waals surface area contributed by atoms with Crippen LogP contribution >= 0.6 is 15.9 Å². The summed E-state index contributed by atoms with van der Waals surface area (Å²) in [5.41, 5.74) is 0.210. The molecular formula is C11H10BrN3O3S. The van der Waals surface area contributed by atoms with Gasteiger partial charge in [-0.3, -0.25) is 9.52 Å². The number of nitrogens with one attached hydrogen (secondary N) is 2. The number of hydrogen-bond acceptors (Lipinski definition) is 4. The molecule has 0 unspecified atom stereocenters. The maximum atomic E-state index is 12.2. The molecule has 0 saturated heterocycles. The van der Waals surface area contributed by atoms with Crippen LogP contribution in [0.5, 0.6) is 0 Å². The molecule has 1 aromatic heterocycles. The van der Waals surface area contributed by atoms with Crippen LogP contribution in [0.15, 0.2) is 44.5 Å². The zero-order chi connectivity index (χ0) is 14.0. The second-order valence-electron chi connectivity index (χ2n) is 3.82. The van der Waals surface area contributed by atoms with E-state index in [1.165, 1.54) is 18.2 Å². The third kappa shape index (κ3) is 3.21. The Morgan fingerprint density at radius 2 is 2.00 bits per heavy atom. The van der Waals surface area contributed by atoms with Gasteiger partial charge in [0.1, 0.15) is 0 Å². The van der Waals surface area contributed by atoms with Crippen molar-refractivity contribution in [3.8, 4) is 0 Å². The van der Waals surface area contributed by atoms with Crippen LogP contribution in [-0.2, 0) is 10.0 Å². The predicted octanol–water partition coefficient (Wildman–Crippen LogP) is 1.64. The number of halogens is 1. The zero-order valence-corrected chi connectivity index (χ0v) is 12.2. The average Bonchev–Trinajstić information content (AvgIpc) is 2.35. The highest BCUT2D eigenvalue weighted by Crippen LogP contribution is 2.22. The molecule has 2 rings (SSSR count). The molecule has 0 aliphatic rings. The molecule has 8 heteroatoms. The Balaban J connectivity index is 2.40. The van der Waals surface area contributed by atoms with E-state index in [4.69, 9.17) is 0 Å². The van der Waals surface area contributed by atoms with Crippen molar-refractivity contribution in [2.45, 2.75) is 11.8 Å². The maximum Gasteiger partial charge on any atom is 0.264 e. The van der Waals surface area contributed by atoms with Crippen LogP contribution in [0.1, 0.15) is 5.56 Å². The van der Waals surface area contributed by atoms with E-state index in [-0.39, 0.29) is 10.7 Å². The molecule has 0 aliphatic carbocycles. The minimum Gasteiger partial charge on any atom is -0.268 e. The molecule has 19 heavy (non-hydrogen) atoms. The van der Waals surface area contributed by atoms with Gasteiger partial charge in [0, 0.05) is 10.5 Å². The van der Waals surface area contributed by atoms with E-state index < -0.39 is 15.6 Å². The SMILES string of the molecule is Cc1ccc(Br)cc1S(=O)(=O)Nc1ccc(=O)[nH]n1. The summed E-state index contributed by atoms with van der Waals surface area (Å²) < 4.78 is 27.4. The van der Waals surface area contributed by atoms with Crippen LogP contribution in [0.4, 0.5) is 5.82 Å². The summed E-state index contributed by atoms with van der Waals surface area (Å²) >= 11 is 3.23. The van der Waals surface area contributed by atoms with E-state index in [2.05, 4.69) is 30.8 Å². The Morgan fingerprint density at radius 1 is 1.26 bits per heavy atom. The van der Waals surface area contributed by atoms with Gasteiger partial charge in [-0.05, 0) is 30.7 Å². The number of H-pyrrole nitrogens is 1. The third-order valence-electron chi connectivity index (χ3n) is 2.36. The third-order valence-corrected chi connectivity index (χ3v) is 4.35. The van der Waals surface area contributed by atoms with E-state index in [0.29, 0.717) is 10.0 Å². The topological polar surface area (TPSA) is 91.9 Å². The van der Waals surface area contributed by atoms with Crippen molar-refractivity contribution in [2.24, 2.45) is 0 Å². The molecule has 0 radical (unpaired) electrons. The van der Waals surface area contributed by atoms with Crippen molar-refractivity contribution < 1.29 is 8.42 Å². The number of aromatic nitrogens is 2. The minimum absolute atomic E-state index is 0.0546. The molecule has 6 nitrogen and oxygen atoms in total. The van der Waals surface area contributed by atoms with E-state index in [1.54, 1.807) is 19.1 Å². The van der Waals surface area contributed by atoms with Crippen LogP contribution in [0, 0.1) is 6.92 Å². The highest BCUT2D eigenvalue weighted by molar-refractivity contribution is 9.10. The summed E-state index contributed by atoms with van der Waals surface area (Å²) in [6.45, 7) is 1.70. The first-order chi connectivity index (χ1) is 8.88. The fourth-order valence-electron chi connectivity index (χ4n) is 1.46. The second kappa shape index (κ2) is 5.14. The van der Waals surface area contributed by atoms with Crippen molar-refractivity contribution in [3.05, 3.63) is 50.7 Å². The quantitative estimate of drug-likeness (QED) is 0.885. The average molecular weight is 344 g/mol. The number of anilines is 1. The van der Waals surface area contributed by atoms with Crippen molar-refractivity contribution in [1.29, 1.82) is 0 Å². The smallest absolute Gasteiger partial charge is 0.264 e. The van der Waals surface area contributed by atoms with Crippen molar-refractivity contribution in [3.63, 3.8) is 0 Å². The van der Waals surface area contributed by atoms with Gasteiger partial charge in [0.25, 0.3) is 15.6 Å². The van der Waals surface area contributed by atoms with E-state index in [0.717, 1.165) is 0 Å². The Bertz CT molecular complexity index is 751. The fraction of sp³-hybridized carbons (Fsp3) is 0.0909. The summed E-state index contributed by atoms with van der Waals surface area (Å²) in [5.74, 6) is 0.0546. The van der Waals surface area contributed by atoms with Crippen LogP contribution in [0.25, 0.3) is 0 Å². The van der Waals surface area contributed by atoms with E-state index in [9.17, 15) is 13.2 Å². The summed E-state index contributed by atoms with van der Waals surface area (Å²) in [4.78, 5) is 11.0. The van der Waals surface area contributed by atoms with Crippen LogP contribution < -0.4 is 10.3 Å². The minimum atomic E-state index is -3.74. The lowest BCUT2D eigenvalue weighted by Crippen LogP contribution is -2.17. The largest absolute Gasteiger partial charge is 0.268 e. The van der Waals surface area contributed by atoms with Gasteiger partial charge in [0.15, 0.2) is 5.82 Å². The molecule has 0 spiro atoms. The second-order valence-corrected chi connectivity index (χ2v) is 6.39. The molecule has 1 aromatic carbocycles. The number of nitrogens with zero attached hydrogens (tertiary/aromatic N) is 1. The number of aryl methyl sites for hydroxylation is 1. The van der Waals surface area contributed by atoms with Gasteiger partial charge >= 0.3 is 0 Å². The molecule has 0 aliphatic heterocycles. The monoisotopic (exact) mass is 343 g/mol. The Hall–Kier alpha value is -1.67. The lowest BCUT2D eigenvalue weighted by Gasteiger charge is -2.09. The predicted molar refractivity (Wildman–Crippen MR) is 74.5 cm³/mol. The normalized spacial score (nSPS) is 11.3. The standard InChI is InChI=1S/C11H10BrN3O3S/c1-7-2-3-8(12)6-9(7)19(17,18)15-10-4-5-11(16)14-13-10/h2-6H,1H3,(H,13,15)(H,14,16). The van der Waals surface area contributed by atoms with Gasteiger partial charge in [0.2, 0.25) is 0 Å². The zero-order valence-electron chi connectivity index (χ0n) is 9.84. The van der Waals surface area contributed by atoms with Gasteiger partial charge < -0.3 is 0 Å². The Kier molecular flexibility index (Phi) is 3.72. The first kappa shape index (κ1) is 13.8. The fourth-order valence-corrected chi connectivity index (χ4v) is 3.24. The highest BCUT2D eigenvalue weighted by Gasteiger charge is 2.17. The molecule has 100 valence electrons. The van der Waals surface area contributed by atoms with Gasteiger partial charge in [-0.15, -0.1) is 0 Å². The van der Waals surface area contributed by atoms with Crippen molar-refractivity contribution in [2.75, 3.05) is 4.72 Å². The lowest BCUT2D eigenvalue weighted by molar-refractivity contribution is 0.600. The highest BCUT2D eigenvalue weighted by atomic mass is 79.9. The summed E-state index contributed by atoms with van der Waals surface area (Å²) in [6.07, 6.45) is 0. The van der Waals surface area contributed by atoms with Gasteiger partial charge in [-0.2, -0.15) is 5.10 Å². The number of aromatic amines is 1. The molecule has 0 atom stereocenters. The van der Waals surface area contributed by atoms with Gasteiger partial charge in [-0.1, -0.05) is 22.0 Å². The van der Waals surface area contributed by atoms with E-state index >= 15 is 0 Å². The van der Waals surface area contributed by atoms with Gasteiger partial charge in [-0.25, -0.2) is 13.5 Å². The molecule has 2 N–H and O–H groups in total.